The molecule has 0 heterocycles. The second-order valence-corrected chi connectivity index (χ2v) is 5.48. The van der Waals surface area contributed by atoms with Gasteiger partial charge in [-0.1, -0.05) is 43.3 Å². The van der Waals surface area contributed by atoms with E-state index in [1.807, 2.05) is 25.1 Å². The van der Waals surface area contributed by atoms with E-state index in [0.717, 1.165) is 11.1 Å². The molecule has 2 atom stereocenters. The van der Waals surface area contributed by atoms with Crippen molar-refractivity contribution in [2.45, 2.75) is 38.7 Å². The predicted octanol–water partition coefficient (Wildman–Crippen LogP) is 4.23. The molecule has 106 valence electrons. The molecule has 0 saturated carbocycles. The van der Waals surface area contributed by atoms with Gasteiger partial charge in [-0.05, 0) is 54.5 Å². The molecule has 2 heteroatoms. The van der Waals surface area contributed by atoms with Crippen LogP contribution >= 0.6 is 0 Å². The molecule has 0 aliphatic carbocycles. The Labute approximate surface area is 120 Å². The standard InChI is InChI=1S/C18H21FO/c1-13-10-17(19)9-8-16(13)12-18(20)11-14(2)15-6-4-3-5-7-15/h3-10,14,18,20H,11-12H2,1-2H3. The van der Waals surface area contributed by atoms with Gasteiger partial charge < -0.3 is 5.11 Å². The Balaban J connectivity index is 1.97. The molecule has 20 heavy (non-hydrogen) atoms. The maximum atomic E-state index is 13.1. The monoisotopic (exact) mass is 272 g/mol. The van der Waals surface area contributed by atoms with Gasteiger partial charge in [0.05, 0.1) is 6.10 Å². The molecule has 1 N–H and O–H groups in total. The Morgan fingerprint density at radius 1 is 1.10 bits per heavy atom. The van der Waals surface area contributed by atoms with E-state index in [1.54, 1.807) is 6.07 Å². The van der Waals surface area contributed by atoms with Crippen LogP contribution in [0.25, 0.3) is 0 Å². The smallest absolute Gasteiger partial charge is 0.123 e. The van der Waals surface area contributed by atoms with Crippen molar-refractivity contribution >= 4 is 0 Å². The highest BCUT2D eigenvalue weighted by atomic mass is 19.1. The molecule has 0 fully saturated rings. The van der Waals surface area contributed by atoms with Crippen LogP contribution in [0.15, 0.2) is 48.5 Å². The van der Waals surface area contributed by atoms with Crippen LogP contribution in [0.4, 0.5) is 4.39 Å². The van der Waals surface area contributed by atoms with Crippen molar-refractivity contribution in [2.75, 3.05) is 0 Å². The zero-order chi connectivity index (χ0) is 14.5. The number of aliphatic hydroxyl groups is 1. The minimum atomic E-state index is -0.408. The number of rotatable bonds is 5. The number of aryl methyl sites for hydroxylation is 1. The first-order chi connectivity index (χ1) is 9.56. The lowest BCUT2D eigenvalue weighted by Gasteiger charge is -2.18. The molecule has 0 bridgehead atoms. The minimum Gasteiger partial charge on any atom is -0.393 e. The first-order valence-corrected chi connectivity index (χ1v) is 7.04. The Kier molecular flexibility index (Phi) is 4.91. The maximum Gasteiger partial charge on any atom is 0.123 e. The molecule has 2 unspecified atom stereocenters. The molecule has 2 aromatic rings. The predicted molar refractivity (Wildman–Crippen MR) is 80.3 cm³/mol. The van der Waals surface area contributed by atoms with Gasteiger partial charge in [-0.3, -0.25) is 0 Å². The summed E-state index contributed by atoms with van der Waals surface area (Å²) >= 11 is 0. The van der Waals surface area contributed by atoms with Gasteiger partial charge in [0.1, 0.15) is 5.82 Å². The van der Waals surface area contributed by atoms with Gasteiger partial charge in [-0.2, -0.15) is 0 Å². The highest BCUT2D eigenvalue weighted by Gasteiger charge is 2.13. The summed E-state index contributed by atoms with van der Waals surface area (Å²) in [5, 5.41) is 10.2. The van der Waals surface area contributed by atoms with Crippen LogP contribution < -0.4 is 0 Å². The molecule has 2 rings (SSSR count). The van der Waals surface area contributed by atoms with Crippen LogP contribution in [-0.4, -0.2) is 11.2 Å². The normalized spacial score (nSPS) is 14.0. The van der Waals surface area contributed by atoms with Crippen LogP contribution in [-0.2, 0) is 6.42 Å². The van der Waals surface area contributed by atoms with Crippen molar-refractivity contribution in [3.8, 4) is 0 Å². The fourth-order valence-corrected chi connectivity index (χ4v) is 2.55. The van der Waals surface area contributed by atoms with E-state index in [4.69, 9.17) is 0 Å². The van der Waals surface area contributed by atoms with E-state index in [1.165, 1.54) is 17.7 Å². The Hall–Kier alpha value is -1.67. The summed E-state index contributed by atoms with van der Waals surface area (Å²) in [5.74, 6) is 0.0883. The van der Waals surface area contributed by atoms with Crippen molar-refractivity contribution in [2.24, 2.45) is 0 Å². The molecule has 0 aliphatic heterocycles. The van der Waals surface area contributed by atoms with Gasteiger partial charge in [-0.25, -0.2) is 4.39 Å². The van der Waals surface area contributed by atoms with E-state index < -0.39 is 6.10 Å². The van der Waals surface area contributed by atoms with Crippen molar-refractivity contribution in [1.29, 1.82) is 0 Å². The van der Waals surface area contributed by atoms with Gasteiger partial charge in [0.15, 0.2) is 0 Å². The number of hydrogen-bond acceptors (Lipinski definition) is 1. The number of hydrogen-bond donors (Lipinski definition) is 1. The highest BCUT2D eigenvalue weighted by molar-refractivity contribution is 5.27. The molecule has 0 saturated heterocycles. The third-order valence-electron chi connectivity index (χ3n) is 3.75. The number of halogens is 1. The summed E-state index contributed by atoms with van der Waals surface area (Å²) in [4.78, 5) is 0. The van der Waals surface area contributed by atoms with Crippen LogP contribution in [0.3, 0.4) is 0 Å². The number of benzene rings is 2. The number of aliphatic hydroxyl groups excluding tert-OH is 1. The van der Waals surface area contributed by atoms with E-state index >= 15 is 0 Å². The van der Waals surface area contributed by atoms with Gasteiger partial charge in [0.2, 0.25) is 0 Å². The lowest BCUT2D eigenvalue weighted by molar-refractivity contribution is 0.157. The van der Waals surface area contributed by atoms with Crippen LogP contribution in [0.2, 0.25) is 0 Å². The van der Waals surface area contributed by atoms with Crippen LogP contribution in [0, 0.1) is 12.7 Å². The summed E-state index contributed by atoms with van der Waals surface area (Å²) in [6.07, 6.45) is 0.874. The Morgan fingerprint density at radius 2 is 1.80 bits per heavy atom. The maximum absolute atomic E-state index is 13.1. The lowest BCUT2D eigenvalue weighted by Crippen LogP contribution is -2.14. The van der Waals surface area contributed by atoms with Crippen molar-refractivity contribution < 1.29 is 9.50 Å². The average Bonchev–Trinajstić information content (AvgIpc) is 2.43. The third-order valence-corrected chi connectivity index (χ3v) is 3.75. The molecule has 0 radical (unpaired) electrons. The fraction of sp³-hybridized carbons (Fsp3) is 0.333. The van der Waals surface area contributed by atoms with Gasteiger partial charge in [0.25, 0.3) is 0 Å². The molecule has 0 amide bonds. The first kappa shape index (κ1) is 14.7. The largest absolute Gasteiger partial charge is 0.393 e. The first-order valence-electron chi connectivity index (χ1n) is 7.04. The van der Waals surface area contributed by atoms with Gasteiger partial charge >= 0.3 is 0 Å². The average molecular weight is 272 g/mol. The summed E-state index contributed by atoms with van der Waals surface area (Å²) in [5.41, 5.74) is 3.15. The highest BCUT2D eigenvalue weighted by Crippen LogP contribution is 2.22. The van der Waals surface area contributed by atoms with Crippen molar-refractivity contribution in [1.82, 2.24) is 0 Å². The molecular weight excluding hydrogens is 251 g/mol. The third kappa shape index (κ3) is 3.91. The summed E-state index contributed by atoms with van der Waals surface area (Å²) in [6, 6.07) is 14.9. The zero-order valence-corrected chi connectivity index (χ0v) is 12.0. The topological polar surface area (TPSA) is 20.2 Å². The van der Waals surface area contributed by atoms with E-state index in [2.05, 4.69) is 19.1 Å². The second kappa shape index (κ2) is 6.67. The molecule has 2 aromatic carbocycles. The van der Waals surface area contributed by atoms with Gasteiger partial charge in [0, 0.05) is 0 Å². The Morgan fingerprint density at radius 3 is 2.45 bits per heavy atom. The van der Waals surface area contributed by atoms with E-state index in [-0.39, 0.29) is 5.82 Å². The SMILES string of the molecule is Cc1cc(F)ccc1CC(O)CC(C)c1ccccc1. The Bertz CT molecular complexity index is 551. The summed E-state index contributed by atoms with van der Waals surface area (Å²) in [7, 11) is 0. The quantitative estimate of drug-likeness (QED) is 0.863. The van der Waals surface area contributed by atoms with E-state index in [0.29, 0.717) is 18.8 Å². The van der Waals surface area contributed by atoms with Crippen molar-refractivity contribution in [3.63, 3.8) is 0 Å². The summed E-state index contributed by atoms with van der Waals surface area (Å²) < 4.78 is 13.1. The van der Waals surface area contributed by atoms with Crippen LogP contribution in [0.1, 0.15) is 36.0 Å². The molecular formula is C18H21FO. The lowest BCUT2D eigenvalue weighted by atomic mass is 9.91. The zero-order valence-electron chi connectivity index (χ0n) is 12.0. The molecule has 0 aromatic heterocycles. The van der Waals surface area contributed by atoms with E-state index in [9.17, 15) is 9.50 Å². The van der Waals surface area contributed by atoms with Crippen molar-refractivity contribution in [3.05, 3.63) is 71.0 Å². The molecule has 1 nitrogen and oxygen atoms in total. The van der Waals surface area contributed by atoms with Gasteiger partial charge in [-0.15, -0.1) is 0 Å². The summed E-state index contributed by atoms with van der Waals surface area (Å²) in [6.45, 7) is 4.00. The minimum absolute atomic E-state index is 0.224. The van der Waals surface area contributed by atoms with Crippen LogP contribution in [0.5, 0.6) is 0 Å². The molecule has 0 aliphatic rings. The molecule has 0 spiro atoms. The second-order valence-electron chi connectivity index (χ2n) is 5.48. The fourth-order valence-electron chi connectivity index (χ4n) is 2.55.